The van der Waals surface area contributed by atoms with Crippen LogP contribution >= 0.6 is 0 Å². The molecule has 4 N–H and O–H groups in total. The summed E-state index contributed by atoms with van der Waals surface area (Å²) >= 11 is 0. The van der Waals surface area contributed by atoms with Gasteiger partial charge in [0.25, 0.3) is 0 Å². The van der Waals surface area contributed by atoms with Gasteiger partial charge in [-0.3, -0.25) is 0 Å². The standard InChI is InChI=1S/C18H26N4OSi2/c1-8-12-9-13(24(2,3)4)10-14(16(12)25(5,6)7)23-15-11-21-18(20)22-17(15)19/h1,9-11H,2-7H3,(H4,19,20,21,22). The fourth-order valence-corrected chi connectivity index (χ4v) is 5.57. The molecule has 0 saturated carbocycles. The molecular weight excluding hydrogens is 344 g/mol. The third-order valence-corrected chi connectivity index (χ3v) is 7.93. The quantitative estimate of drug-likeness (QED) is 0.638. The van der Waals surface area contributed by atoms with Crippen LogP contribution in [0.4, 0.5) is 11.8 Å². The van der Waals surface area contributed by atoms with Gasteiger partial charge < -0.3 is 16.2 Å². The van der Waals surface area contributed by atoms with Crippen LogP contribution in [0.1, 0.15) is 5.56 Å². The third-order valence-electron chi connectivity index (χ3n) is 3.90. The Labute approximate surface area is 151 Å². The number of nitrogen functional groups attached to an aromatic ring is 2. The molecule has 0 fully saturated rings. The van der Waals surface area contributed by atoms with Crippen molar-refractivity contribution in [2.45, 2.75) is 39.3 Å². The van der Waals surface area contributed by atoms with Gasteiger partial charge in [0, 0.05) is 5.56 Å². The van der Waals surface area contributed by atoms with Crippen molar-refractivity contribution in [1.82, 2.24) is 9.97 Å². The molecule has 1 aromatic heterocycles. The second-order valence-electron chi connectivity index (χ2n) is 8.12. The molecule has 0 saturated heterocycles. The average Bonchev–Trinajstić information content (AvgIpc) is 2.47. The van der Waals surface area contributed by atoms with E-state index in [1.807, 2.05) is 0 Å². The summed E-state index contributed by atoms with van der Waals surface area (Å²) < 4.78 is 6.16. The molecule has 0 unspecified atom stereocenters. The Bertz CT molecular complexity index is 846. The Morgan fingerprint density at radius 2 is 1.64 bits per heavy atom. The van der Waals surface area contributed by atoms with Gasteiger partial charge in [-0.25, -0.2) is 4.98 Å². The zero-order chi connectivity index (χ0) is 19.0. The first kappa shape index (κ1) is 19.0. The van der Waals surface area contributed by atoms with Crippen LogP contribution in [0.2, 0.25) is 39.3 Å². The van der Waals surface area contributed by atoms with E-state index in [4.69, 9.17) is 22.6 Å². The van der Waals surface area contributed by atoms with Gasteiger partial charge in [-0.15, -0.1) is 6.42 Å². The Hall–Kier alpha value is -2.31. The smallest absolute Gasteiger partial charge is 0.222 e. The Kier molecular flexibility index (Phi) is 4.98. The Morgan fingerprint density at radius 1 is 1.00 bits per heavy atom. The van der Waals surface area contributed by atoms with E-state index in [9.17, 15) is 0 Å². The highest BCUT2D eigenvalue weighted by Gasteiger charge is 2.28. The monoisotopic (exact) mass is 370 g/mol. The highest BCUT2D eigenvalue weighted by molar-refractivity contribution is 6.91. The van der Waals surface area contributed by atoms with Crippen LogP contribution in [0.25, 0.3) is 0 Å². The van der Waals surface area contributed by atoms with Crippen molar-refractivity contribution < 1.29 is 4.74 Å². The molecule has 0 amide bonds. The minimum atomic E-state index is -1.77. The fraction of sp³-hybridized carbons (Fsp3) is 0.333. The van der Waals surface area contributed by atoms with Crippen molar-refractivity contribution in [1.29, 1.82) is 0 Å². The summed E-state index contributed by atoms with van der Waals surface area (Å²) in [5.41, 5.74) is 12.4. The molecule has 2 rings (SSSR count). The lowest BCUT2D eigenvalue weighted by Crippen LogP contribution is -2.45. The minimum absolute atomic E-state index is 0.121. The lowest BCUT2D eigenvalue weighted by Gasteiger charge is -2.26. The molecule has 5 nitrogen and oxygen atoms in total. The maximum Gasteiger partial charge on any atom is 0.222 e. The SMILES string of the molecule is C#Cc1cc([Si](C)(C)C)cc(Oc2cnc(N)nc2N)c1[Si](C)(C)C. The van der Waals surface area contributed by atoms with Crippen LogP contribution < -0.4 is 26.6 Å². The topological polar surface area (TPSA) is 87.0 Å². The lowest BCUT2D eigenvalue weighted by molar-refractivity contribution is 0.484. The second kappa shape index (κ2) is 6.54. The number of hydrogen-bond donors (Lipinski definition) is 2. The molecule has 0 bridgehead atoms. The summed E-state index contributed by atoms with van der Waals surface area (Å²) in [5.74, 6) is 4.35. The predicted octanol–water partition coefficient (Wildman–Crippen LogP) is 2.50. The van der Waals surface area contributed by atoms with E-state index in [2.05, 4.69) is 67.3 Å². The van der Waals surface area contributed by atoms with Gasteiger partial charge in [-0.1, -0.05) is 50.4 Å². The minimum Gasteiger partial charge on any atom is -0.452 e. The number of terminal acetylenes is 1. The molecular formula is C18H26N4OSi2. The number of nitrogens with two attached hydrogens (primary N) is 2. The van der Waals surface area contributed by atoms with Crippen LogP contribution in [-0.4, -0.2) is 26.1 Å². The van der Waals surface area contributed by atoms with Crippen LogP contribution in [0.5, 0.6) is 11.5 Å². The van der Waals surface area contributed by atoms with Gasteiger partial charge in [0.05, 0.1) is 22.3 Å². The number of aromatic nitrogens is 2. The van der Waals surface area contributed by atoms with Crippen molar-refractivity contribution in [3.8, 4) is 23.8 Å². The molecule has 25 heavy (non-hydrogen) atoms. The first-order chi connectivity index (χ1) is 11.4. The number of benzene rings is 1. The zero-order valence-electron chi connectivity index (χ0n) is 15.8. The highest BCUT2D eigenvalue weighted by Crippen LogP contribution is 2.27. The molecule has 2 aromatic rings. The number of nitrogens with zero attached hydrogens (tertiary/aromatic N) is 2. The molecule has 0 spiro atoms. The second-order valence-corrected chi connectivity index (χ2v) is 18.2. The molecule has 0 aliphatic heterocycles. The number of ether oxygens (including phenoxy) is 1. The van der Waals surface area contributed by atoms with Gasteiger partial charge in [-0.2, -0.15) is 4.98 Å². The van der Waals surface area contributed by atoms with Crippen LogP contribution in [0, 0.1) is 12.3 Å². The normalized spacial score (nSPS) is 11.9. The molecule has 0 radical (unpaired) electrons. The largest absolute Gasteiger partial charge is 0.452 e. The molecule has 1 heterocycles. The van der Waals surface area contributed by atoms with Crippen LogP contribution in [-0.2, 0) is 0 Å². The van der Waals surface area contributed by atoms with Crippen LogP contribution in [0.3, 0.4) is 0 Å². The molecule has 0 aliphatic rings. The van der Waals surface area contributed by atoms with Gasteiger partial charge in [0.15, 0.2) is 11.6 Å². The summed E-state index contributed by atoms with van der Waals surface area (Å²) in [6.07, 6.45) is 7.34. The van der Waals surface area contributed by atoms with E-state index < -0.39 is 16.1 Å². The van der Waals surface area contributed by atoms with E-state index >= 15 is 0 Å². The molecule has 1 aromatic carbocycles. The van der Waals surface area contributed by atoms with Gasteiger partial charge in [0.2, 0.25) is 5.95 Å². The van der Waals surface area contributed by atoms with Crippen molar-refractivity contribution in [2.75, 3.05) is 11.5 Å². The van der Waals surface area contributed by atoms with E-state index in [0.29, 0.717) is 5.75 Å². The van der Waals surface area contributed by atoms with E-state index in [0.717, 1.165) is 16.5 Å². The van der Waals surface area contributed by atoms with Crippen molar-refractivity contribution in [2.24, 2.45) is 0 Å². The van der Waals surface area contributed by atoms with Gasteiger partial charge in [0.1, 0.15) is 5.75 Å². The first-order valence-electron chi connectivity index (χ1n) is 8.15. The fourth-order valence-electron chi connectivity index (χ4n) is 2.61. The summed E-state index contributed by atoms with van der Waals surface area (Å²) in [7, 11) is -3.34. The average molecular weight is 371 g/mol. The van der Waals surface area contributed by atoms with E-state index in [1.54, 1.807) is 0 Å². The highest BCUT2D eigenvalue weighted by atomic mass is 28.3. The van der Waals surface area contributed by atoms with E-state index in [-0.39, 0.29) is 11.8 Å². The summed E-state index contributed by atoms with van der Waals surface area (Å²) in [4.78, 5) is 7.96. The lowest BCUT2D eigenvalue weighted by atomic mass is 10.2. The van der Waals surface area contributed by atoms with Crippen molar-refractivity contribution in [3.05, 3.63) is 23.9 Å². The van der Waals surface area contributed by atoms with E-state index in [1.165, 1.54) is 11.4 Å². The Balaban J connectivity index is 2.70. The number of anilines is 2. The maximum absolute atomic E-state index is 6.16. The first-order valence-corrected chi connectivity index (χ1v) is 15.1. The van der Waals surface area contributed by atoms with Crippen LogP contribution in [0.15, 0.2) is 18.3 Å². The van der Waals surface area contributed by atoms with Gasteiger partial charge in [-0.05, 0) is 17.3 Å². The summed E-state index contributed by atoms with van der Waals surface area (Å²) in [6.45, 7) is 13.6. The molecule has 7 heteroatoms. The van der Waals surface area contributed by atoms with Crippen molar-refractivity contribution in [3.63, 3.8) is 0 Å². The van der Waals surface area contributed by atoms with Crippen molar-refractivity contribution >= 4 is 38.3 Å². The maximum atomic E-state index is 6.16. The number of rotatable bonds is 4. The summed E-state index contributed by atoms with van der Waals surface area (Å²) in [5, 5.41) is 2.35. The number of hydrogen-bond acceptors (Lipinski definition) is 5. The third kappa shape index (κ3) is 4.21. The summed E-state index contributed by atoms with van der Waals surface area (Å²) in [6, 6.07) is 4.26. The molecule has 0 atom stereocenters. The zero-order valence-corrected chi connectivity index (χ0v) is 17.8. The molecule has 0 aliphatic carbocycles. The predicted molar refractivity (Wildman–Crippen MR) is 111 cm³/mol. The van der Waals surface area contributed by atoms with Gasteiger partial charge >= 0.3 is 0 Å². The Morgan fingerprint density at radius 3 is 2.12 bits per heavy atom. The molecule has 132 valence electrons.